The number of para-hydroxylation sites is 1. The van der Waals surface area contributed by atoms with Gasteiger partial charge in [0.25, 0.3) is 0 Å². The monoisotopic (exact) mass is 455 g/mol. The zero-order valence-corrected chi connectivity index (χ0v) is 17.6. The first-order valence-corrected chi connectivity index (χ1v) is 10.1. The molecule has 3 aromatic rings. The van der Waals surface area contributed by atoms with E-state index in [4.69, 9.17) is 11.5 Å². The maximum atomic E-state index is 12.7. The number of carboxylic acids is 1. The molecule has 3 amide bonds. The van der Waals surface area contributed by atoms with Gasteiger partial charge in [0.2, 0.25) is 17.7 Å². The van der Waals surface area contributed by atoms with Crippen molar-refractivity contribution in [2.45, 2.75) is 37.4 Å². The molecule has 0 aliphatic heterocycles. The Hall–Kier alpha value is -4.19. The van der Waals surface area contributed by atoms with Crippen LogP contribution in [0.25, 0.3) is 10.9 Å². The maximum absolute atomic E-state index is 12.7. The van der Waals surface area contributed by atoms with Crippen molar-refractivity contribution in [1.29, 1.82) is 0 Å². The SMILES string of the molecule is NC(=O)C[C@H](NC(=O)[C@@H](N)Cc1c[nH]c2ccccc12)C(=O)N[C@@H](Cc1cnc[nH]1)C(=O)O. The second-order valence-electron chi connectivity index (χ2n) is 7.58. The van der Waals surface area contributed by atoms with Crippen molar-refractivity contribution in [3.63, 3.8) is 0 Å². The number of primary amides is 1. The van der Waals surface area contributed by atoms with Crippen LogP contribution in [0.3, 0.4) is 0 Å². The normalized spacial score (nSPS) is 13.7. The van der Waals surface area contributed by atoms with Crippen LogP contribution < -0.4 is 22.1 Å². The Morgan fingerprint density at radius 2 is 1.76 bits per heavy atom. The molecule has 1 aromatic carbocycles. The van der Waals surface area contributed by atoms with E-state index < -0.39 is 48.2 Å². The summed E-state index contributed by atoms with van der Waals surface area (Å²) in [6.45, 7) is 0. The Morgan fingerprint density at radius 1 is 1.03 bits per heavy atom. The van der Waals surface area contributed by atoms with Crippen molar-refractivity contribution in [3.8, 4) is 0 Å². The van der Waals surface area contributed by atoms with E-state index in [1.54, 1.807) is 6.20 Å². The number of H-pyrrole nitrogens is 2. The van der Waals surface area contributed by atoms with Gasteiger partial charge in [0, 0.05) is 35.4 Å². The number of nitrogens with two attached hydrogens (primary N) is 2. The molecule has 0 fully saturated rings. The van der Waals surface area contributed by atoms with E-state index in [-0.39, 0.29) is 12.8 Å². The van der Waals surface area contributed by atoms with Gasteiger partial charge in [-0.05, 0) is 18.1 Å². The van der Waals surface area contributed by atoms with Gasteiger partial charge in [0.15, 0.2) is 0 Å². The average molecular weight is 455 g/mol. The highest BCUT2D eigenvalue weighted by Gasteiger charge is 2.29. The lowest BCUT2D eigenvalue weighted by molar-refractivity contribution is -0.142. The van der Waals surface area contributed by atoms with Crippen molar-refractivity contribution in [3.05, 3.63) is 54.2 Å². The molecule has 33 heavy (non-hydrogen) atoms. The topological polar surface area (TPSA) is 209 Å². The predicted molar refractivity (Wildman–Crippen MR) is 118 cm³/mol. The summed E-state index contributed by atoms with van der Waals surface area (Å²) >= 11 is 0. The van der Waals surface area contributed by atoms with Gasteiger partial charge in [-0.3, -0.25) is 14.4 Å². The highest BCUT2D eigenvalue weighted by Crippen LogP contribution is 2.18. The van der Waals surface area contributed by atoms with Crippen LogP contribution in [0.15, 0.2) is 43.0 Å². The fraction of sp³-hybridized carbons (Fsp3) is 0.286. The number of nitrogens with zero attached hydrogens (tertiary/aromatic N) is 1. The first-order valence-electron chi connectivity index (χ1n) is 10.1. The van der Waals surface area contributed by atoms with E-state index in [0.717, 1.165) is 16.5 Å². The summed E-state index contributed by atoms with van der Waals surface area (Å²) in [5.41, 5.74) is 13.5. The minimum Gasteiger partial charge on any atom is -0.480 e. The molecular weight excluding hydrogens is 430 g/mol. The van der Waals surface area contributed by atoms with E-state index in [1.165, 1.54) is 12.5 Å². The lowest BCUT2D eigenvalue weighted by Gasteiger charge is -2.22. The third-order valence-electron chi connectivity index (χ3n) is 5.08. The number of carbonyl (C=O) groups excluding carboxylic acids is 3. The van der Waals surface area contributed by atoms with Crippen LogP contribution in [0.1, 0.15) is 17.7 Å². The number of imidazole rings is 1. The standard InChI is InChI=1S/C21H25N7O5/c22-14(5-11-8-25-15-4-2-1-3-13(11)15)19(30)27-16(7-18(23)29)20(31)28-17(21(32)33)6-12-9-24-10-26-12/h1-4,8-10,14,16-17,25H,5-7,22H2,(H2,23,29)(H,24,26)(H,27,30)(H,28,31)(H,32,33)/t14-,16-,17-/m0/s1. The number of amides is 3. The van der Waals surface area contributed by atoms with E-state index in [2.05, 4.69) is 25.6 Å². The summed E-state index contributed by atoms with van der Waals surface area (Å²) < 4.78 is 0. The molecule has 3 rings (SSSR count). The van der Waals surface area contributed by atoms with Crippen LogP contribution in [0, 0.1) is 0 Å². The van der Waals surface area contributed by atoms with Crippen LogP contribution in [0.4, 0.5) is 0 Å². The van der Waals surface area contributed by atoms with Crippen molar-refractivity contribution >= 4 is 34.6 Å². The lowest BCUT2D eigenvalue weighted by Crippen LogP contribution is -2.56. The number of hydrogen-bond acceptors (Lipinski definition) is 6. The quantitative estimate of drug-likeness (QED) is 0.190. The number of rotatable bonds is 11. The molecule has 0 aliphatic carbocycles. The van der Waals surface area contributed by atoms with Crippen LogP contribution >= 0.6 is 0 Å². The van der Waals surface area contributed by atoms with E-state index in [1.807, 2.05) is 24.3 Å². The first-order chi connectivity index (χ1) is 15.7. The van der Waals surface area contributed by atoms with Gasteiger partial charge in [0.1, 0.15) is 12.1 Å². The molecule has 12 heteroatoms. The van der Waals surface area contributed by atoms with E-state index in [0.29, 0.717) is 5.69 Å². The summed E-state index contributed by atoms with van der Waals surface area (Å²) in [4.78, 5) is 58.1. The summed E-state index contributed by atoms with van der Waals surface area (Å²) in [6.07, 6.45) is 4.14. The van der Waals surface area contributed by atoms with Gasteiger partial charge < -0.3 is 37.2 Å². The number of hydrogen-bond donors (Lipinski definition) is 7. The number of carboxylic acid groups (broad SMARTS) is 1. The molecule has 2 heterocycles. The largest absolute Gasteiger partial charge is 0.480 e. The first kappa shape index (κ1) is 23.5. The minimum atomic E-state index is -1.38. The zero-order valence-electron chi connectivity index (χ0n) is 17.6. The summed E-state index contributed by atoms with van der Waals surface area (Å²) in [5.74, 6) is -3.69. The zero-order chi connectivity index (χ0) is 24.0. The summed E-state index contributed by atoms with van der Waals surface area (Å²) in [5, 5.41) is 15.1. The highest BCUT2D eigenvalue weighted by molar-refractivity contribution is 5.95. The van der Waals surface area contributed by atoms with Gasteiger partial charge >= 0.3 is 5.97 Å². The second kappa shape index (κ2) is 10.4. The average Bonchev–Trinajstić information content (AvgIpc) is 3.42. The third kappa shape index (κ3) is 6.17. The molecule has 9 N–H and O–H groups in total. The van der Waals surface area contributed by atoms with Crippen LogP contribution in [0.5, 0.6) is 0 Å². The predicted octanol–water partition coefficient (Wildman–Crippen LogP) is -1.07. The fourth-order valence-electron chi connectivity index (χ4n) is 3.41. The second-order valence-corrected chi connectivity index (χ2v) is 7.58. The van der Waals surface area contributed by atoms with Crippen molar-refractivity contribution in [1.82, 2.24) is 25.6 Å². The Labute approximate surface area is 188 Å². The molecule has 2 aromatic heterocycles. The third-order valence-corrected chi connectivity index (χ3v) is 5.08. The molecule has 0 saturated heterocycles. The Kier molecular flexibility index (Phi) is 7.41. The molecule has 0 aliphatic rings. The highest BCUT2D eigenvalue weighted by atomic mass is 16.4. The van der Waals surface area contributed by atoms with Crippen LogP contribution in [0.2, 0.25) is 0 Å². The lowest BCUT2D eigenvalue weighted by atomic mass is 10.0. The number of fused-ring (bicyclic) bond motifs is 1. The minimum absolute atomic E-state index is 0.0710. The Balaban J connectivity index is 1.66. The van der Waals surface area contributed by atoms with Crippen LogP contribution in [-0.4, -0.2) is 61.9 Å². The number of aliphatic carboxylic acids is 1. The van der Waals surface area contributed by atoms with Crippen molar-refractivity contribution < 1.29 is 24.3 Å². The molecule has 3 atom stereocenters. The molecule has 0 spiro atoms. The van der Waals surface area contributed by atoms with Gasteiger partial charge in [0.05, 0.1) is 18.8 Å². The summed E-state index contributed by atoms with van der Waals surface area (Å²) in [6, 6.07) is 3.80. The van der Waals surface area contributed by atoms with E-state index >= 15 is 0 Å². The number of aromatic amines is 2. The molecule has 0 unspecified atom stereocenters. The number of nitrogens with one attached hydrogen (secondary N) is 4. The molecular formula is C21H25N7O5. The molecule has 174 valence electrons. The van der Waals surface area contributed by atoms with Gasteiger partial charge in [-0.15, -0.1) is 0 Å². The van der Waals surface area contributed by atoms with Gasteiger partial charge in [-0.25, -0.2) is 9.78 Å². The summed E-state index contributed by atoms with van der Waals surface area (Å²) in [7, 11) is 0. The number of aromatic nitrogens is 3. The van der Waals surface area contributed by atoms with Crippen LogP contribution in [-0.2, 0) is 32.0 Å². The van der Waals surface area contributed by atoms with Gasteiger partial charge in [-0.1, -0.05) is 18.2 Å². The molecule has 0 radical (unpaired) electrons. The van der Waals surface area contributed by atoms with E-state index in [9.17, 15) is 24.3 Å². The molecule has 0 bridgehead atoms. The Bertz CT molecular complexity index is 1140. The van der Waals surface area contributed by atoms with Gasteiger partial charge in [-0.2, -0.15) is 0 Å². The fourth-order valence-corrected chi connectivity index (χ4v) is 3.41. The number of carbonyl (C=O) groups is 4. The maximum Gasteiger partial charge on any atom is 0.326 e. The number of benzene rings is 1. The van der Waals surface area contributed by atoms with Crippen molar-refractivity contribution in [2.75, 3.05) is 0 Å². The Morgan fingerprint density at radius 3 is 2.42 bits per heavy atom. The smallest absolute Gasteiger partial charge is 0.326 e. The molecule has 12 nitrogen and oxygen atoms in total. The van der Waals surface area contributed by atoms with Crippen molar-refractivity contribution in [2.24, 2.45) is 11.5 Å². The molecule has 0 saturated carbocycles.